The molecule has 1 aromatic rings. The highest BCUT2D eigenvalue weighted by atomic mass is 16.5. The Morgan fingerprint density at radius 1 is 1.20 bits per heavy atom. The van der Waals surface area contributed by atoms with Gasteiger partial charge in [0.2, 0.25) is 0 Å². The minimum absolute atomic E-state index is 0.00406. The molecule has 0 saturated carbocycles. The molecule has 1 aromatic carbocycles. The van der Waals surface area contributed by atoms with Crippen molar-refractivity contribution >= 4 is 11.8 Å². The average Bonchev–Trinajstić information content (AvgIpc) is 3.01. The lowest BCUT2D eigenvalue weighted by Crippen LogP contribution is -2.37. The van der Waals surface area contributed by atoms with Crippen molar-refractivity contribution in [3.63, 3.8) is 0 Å². The summed E-state index contributed by atoms with van der Waals surface area (Å²) in [4.78, 5) is 25.7. The maximum atomic E-state index is 13.2. The van der Waals surface area contributed by atoms with Crippen molar-refractivity contribution in [3.05, 3.63) is 83.2 Å². The van der Waals surface area contributed by atoms with Gasteiger partial charge in [0.1, 0.15) is 12.3 Å². The summed E-state index contributed by atoms with van der Waals surface area (Å²) in [5.41, 5.74) is 2.61. The zero-order valence-electron chi connectivity index (χ0n) is 17.0. The Kier molecular flexibility index (Phi) is 5.86. The maximum absolute atomic E-state index is 13.2. The molecule has 1 fully saturated rings. The predicted octanol–water partition coefficient (Wildman–Crippen LogP) is 2.41. The molecule has 0 bridgehead atoms. The van der Waals surface area contributed by atoms with Gasteiger partial charge in [-0.2, -0.15) is 0 Å². The molecule has 156 valence electrons. The van der Waals surface area contributed by atoms with Crippen LogP contribution in [0, 0.1) is 11.3 Å². The number of benzene rings is 1. The fourth-order valence-electron chi connectivity index (χ4n) is 4.35. The Labute approximate surface area is 176 Å². The molecule has 1 aliphatic carbocycles. The molecule has 0 amide bonds. The third-order valence-electron chi connectivity index (χ3n) is 5.73. The second-order valence-electron chi connectivity index (χ2n) is 7.51. The SMILES string of the molecule is CCOC(=O)C1=CC23C(=CCN1)C=CC=C2NCC3C(=O)COCc1ccccc1. The predicted molar refractivity (Wildman–Crippen MR) is 113 cm³/mol. The number of esters is 1. The number of hydrogen-bond acceptors (Lipinski definition) is 6. The van der Waals surface area contributed by atoms with E-state index in [0.717, 1.165) is 16.8 Å². The van der Waals surface area contributed by atoms with E-state index in [9.17, 15) is 9.59 Å². The number of nitrogens with one attached hydrogen (secondary N) is 2. The smallest absolute Gasteiger partial charge is 0.354 e. The Morgan fingerprint density at radius 2 is 2.03 bits per heavy atom. The average molecular weight is 406 g/mol. The van der Waals surface area contributed by atoms with E-state index in [-0.39, 0.29) is 18.3 Å². The van der Waals surface area contributed by atoms with E-state index in [1.807, 2.05) is 60.7 Å². The Bertz CT molecular complexity index is 945. The van der Waals surface area contributed by atoms with E-state index < -0.39 is 11.4 Å². The van der Waals surface area contributed by atoms with E-state index in [1.165, 1.54) is 0 Å². The third-order valence-corrected chi connectivity index (χ3v) is 5.73. The van der Waals surface area contributed by atoms with E-state index in [4.69, 9.17) is 9.47 Å². The summed E-state index contributed by atoms with van der Waals surface area (Å²) < 4.78 is 10.9. The number of ketones is 1. The molecular weight excluding hydrogens is 380 g/mol. The molecule has 6 heteroatoms. The van der Waals surface area contributed by atoms with Crippen LogP contribution in [0.1, 0.15) is 12.5 Å². The lowest BCUT2D eigenvalue weighted by Gasteiger charge is -2.34. The van der Waals surface area contributed by atoms with Gasteiger partial charge in [-0.15, -0.1) is 0 Å². The highest BCUT2D eigenvalue weighted by molar-refractivity contribution is 5.90. The molecule has 1 saturated heterocycles. The molecule has 30 heavy (non-hydrogen) atoms. The van der Waals surface area contributed by atoms with Crippen molar-refractivity contribution in [1.29, 1.82) is 0 Å². The molecule has 6 nitrogen and oxygen atoms in total. The molecule has 2 heterocycles. The van der Waals surface area contributed by atoms with Crippen LogP contribution in [-0.2, 0) is 25.7 Å². The lowest BCUT2D eigenvalue weighted by molar-refractivity contribution is -0.139. The van der Waals surface area contributed by atoms with Gasteiger partial charge < -0.3 is 20.1 Å². The van der Waals surface area contributed by atoms with Crippen molar-refractivity contribution in [1.82, 2.24) is 10.6 Å². The molecule has 2 aliphatic heterocycles. The standard InChI is InChI=1S/C24H26N2O4/c1-2-30-23(28)20-13-24-18(11-12-25-20)9-6-10-22(24)26-14-19(24)21(27)16-29-15-17-7-4-3-5-8-17/h3-11,13,19,25-26H,2,12,14-16H2,1H3. The summed E-state index contributed by atoms with van der Waals surface area (Å²) in [7, 11) is 0. The molecule has 2 atom stereocenters. The van der Waals surface area contributed by atoms with Gasteiger partial charge >= 0.3 is 5.97 Å². The van der Waals surface area contributed by atoms with Crippen LogP contribution >= 0.6 is 0 Å². The van der Waals surface area contributed by atoms with Crippen molar-refractivity contribution in [3.8, 4) is 0 Å². The van der Waals surface area contributed by atoms with Crippen molar-refractivity contribution in [2.24, 2.45) is 11.3 Å². The van der Waals surface area contributed by atoms with Gasteiger partial charge in [-0.25, -0.2) is 4.79 Å². The monoisotopic (exact) mass is 406 g/mol. The molecule has 3 aliphatic rings. The van der Waals surface area contributed by atoms with E-state index >= 15 is 0 Å². The van der Waals surface area contributed by atoms with Crippen molar-refractivity contribution in [2.75, 3.05) is 26.3 Å². The quantitative estimate of drug-likeness (QED) is 0.678. The van der Waals surface area contributed by atoms with Crippen LogP contribution in [0.4, 0.5) is 0 Å². The van der Waals surface area contributed by atoms with E-state index in [0.29, 0.717) is 32.0 Å². The fourth-order valence-corrected chi connectivity index (χ4v) is 4.35. The second kappa shape index (κ2) is 8.71. The summed E-state index contributed by atoms with van der Waals surface area (Å²) in [6.07, 6.45) is 9.84. The van der Waals surface area contributed by atoms with Crippen LogP contribution in [0.15, 0.2) is 77.7 Å². The Hall–Kier alpha value is -3.12. The third kappa shape index (κ3) is 3.71. The van der Waals surface area contributed by atoms with E-state index in [1.54, 1.807) is 6.92 Å². The molecular formula is C24H26N2O4. The van der Waals surface area contributed by atoms with Crippen LogP contribution in [0.5, 0.6) is 0 Å². The van der Waals surface area contributed by atoms with Crippen LogP contribution in [0.2, 0.25) is 0 Å². The molecule has 4 rings (SSSR count). The minimum Gasteiger partial charge on any atom is -0.461 e. The van der Waals surface area contributed by atoms with Crippen molar-refractivity contribution < 1.29 is 19.1 Å². The molecule has 2 unspecified atom stereocenters. The van der Waals surface area contributed by atoms with Gasteiger partial charge in [-0.1, -0.05) is 48.6 Å². The number of allylic oxidation sites excluding steroid dienone is 4. The summed E-state index contributed by atoms with van der Waals surface area (Å²) in [5.74, 6) is -0.779. The first-order valence-corrected chi connectivity index (χ1v) is 10.3. The van der Waals surface area contributed by atoms with Gasteiger partial charge in [0.15, 0.2) is 5.78 Å². The summed E-state index contributed by atoms with van der Waals surface area (Å²) in [6.45, 7) is 3.45. The van der Waals surface area contributed by atoms with Crippen LogP contribution in [-0.4, -0.2) is 38.1 Å². The normalized spacial score (nSPS) is 24.2. The largest absolute Gasteiger partial charge is 0.461 e. The number of hydrogen-bond donors (Lipinski definition) is 2. The molecule has 0 aromatic heterocycles. The van der Waals surface area contributed by atoms with Crippen LogP contribution < -0.4 is 10.6 Å². The number of rotatable bonds is 7. The molecule has 1 spiro atoms. The first-order valence-electron chi connectivity index (χ1n) is 10.3. The van der Waals surface area contributed by atoms with Crippen LogP contribution in [0.3, 0.4) is 0 Å². The molecule has 2 N–H and O–H groups in total. The van der Waals surface area contributed by atoms with Gasteiger partial charge in [0.05, 0.1) is 24.5 Å². The highest BCUT2D eigenvalue weighted by Crippen LogP contribution is 2.50. The lowest BCUT2D eigenvalue weighted by atomic mass is 9.66. The minimum atomic E-state index is -0.715. The molecule has 0 radical (unpaired) electrons. The first kappa shape index (κ1) is 20.2. The summed E-state index contributed by atoms with van der Waals surface area (Å²) in [5, 5.41) is 6.51. The van der Waals surface area contributed by atoms with Crippen LogP contribution in [0.25, 0.3) is 0 Å². The number of ether oxygens (including phenoxy) is 2. The van der Waals surface area contributed by atoms with Gasteiger partial charge in [0, 0.05) is 18.8 Å². The first-order chi connectivity index (χ1) is 14.6. The van der Waals surface area contributed by atoms with Gasteiger partial charge in [-0.05, 0) is 30.2 Å². The van der Waals surface area contributed by atoms with Gasteiger partial charge in [-0.3, -0.25) is 4.79 Å². The summed E-state index contributed by atoms with van der Waals surface area (Å²) in [6, 6.07) is 9.79. The van der Waals surface area contributed by atoms with Crippen molar-refractivity contribution in [2.45, 2.75) is 13.5 Å². The number of Topliss-reactive ketones (excluding diaryl/α,β-unsaturated/α-hetero) is 1. The summed E-state index contributed by atoms with van der Waals surface area (Å²) >= 11 is 0. The topological polar surface area (TPSA) is 76.7 Å². The second-order valence-corrected chi connectivity index (χ2v) is 7.51. The maximum Gasteiger partial charge on any atom is 0.354 e. The number of carbonyl (C=O) groups is 2. The number of carbonyl (C=O) groups excluding carboxylic acids is 2. The van der Waals surface area contributed by atoms with Gasteiger partial charge in [0.25, 0.3) is 0 Å². The Balaban J connectivity index is 1.59. The van der Waals surface area contributed by atoms with E-state index in [2.05, 4.69) is 10.6 Å². The fraction of sp³-hybridized carbons (Fsp3) is 0.333. The zero-order valence-corrected chi connectivity index (χ0v) is 17.0. The Morgan fingerprint density at radius 3 is 2.83 bits per heavy atom. The highest BCUT2D eigenvalue weighted by Gasteiger charge is 2.52. The zero-order chi connectivity index (χ0) is 21.0.